The molecule has 2 aromatic rings. The van der Waals surface area contributed by atoms with Crippen molar-refractivity contribution in [3.63, 3.8) is 0 Å². The van der Waals surface area contributed by atoms with Gasteiger partial charge in [0.1, 0.15) is 18.2 Å². The molecule has 2 N–H and O–H groups in total. The first kappa shape index (κ1) is 12.7. The molecule has 1 aromatic carbocycles. The summed E-state index contributed by atoms with van der Waals surface area (Å²) in [6, 6.07) is 9.07. The van der Waals surface area contributed by atoms with Gasteiger partial charge in [0, 0.05) is 11.8 Å². The standard InChI is InChI=1S/C14H11ClN2O3/c15-10-6-16-13(5-9(10)14(18)19)17-11-7-20-12-4-2-1-3-8(11)12/h1-6,11H,7H2,(H,16,17)(H,18,19). The molecular formula is C14H11ClN2O3. The van der Waals surface area contributed by atoms with Crippen LogP contribution in [0, 0.1) is 0 Å². The van der Waals surface area contributed by atoms with E-state index in [-0.39, 0.29) is 16.6 Å². The summed E-state index contributed by atoms with van der Waals surface area (Å²) >= 11 is 5.79. The Morgan fingerprint density at radius 1 is 1.45 bits per heavy atom. The molecule has 0 aliphatic carbocycles. The molecular weight excluding hydrogens is 280 g/mol. The number of carboxylic acid groups (broad SMARTS) is 1. The normalized spacial score (nSPS) is 16.4. The van der Waals surface area contributed by atoms with Crippen molar-refractivity contribution in [2.75, 3.05) is 11.9 Å². The van der Waals surface area contributed by atoms with Crippen molar-refractivity contribution in [3.8, 4) is 5.75 Å². The van der Waals surface area contributed by atoms with Gasteiger partial charge in [-0.25, -0.2) is 9.78 Å². The number of halogens is 1. The van der Waals surface area contributed by atoms with Gasteiger partial charge in [-0.15, -0.1) is 0 Å². The number of aromatic nitrogens is 1. The van der Waals surface area contributed by atoms with Crippen LogP contribution in [-0.2, 0) is 0 Å². The number of carbonyl (C=O) groups is 1. The number of nitrogens with one attached hydrogen (secondary N) is 1. The second kappa shape index (κ2) is 5.02. The third-order valence-corrected chi connectivity index (χ3v) is 3.41. The molecule has 0 spiro atoms. The second-order valence-corrected chi connectivity index (χ2v) is 4.81. The zero-order valence-electron chi connectivity index (χ0n) is 10.3. The molecule has 0 saturated heterocycles. The number of pyridine rings is 1. The zero-order valence-corrected chi connectivity index (χ0v) is 11.1. The first-order valence-electron chi connectivity index (χ1n) is 6.02. The van der Waals surface area contributed by atoms with E-state index in [0.717, 1.165) is 11.3 Å². The minimum absolute atomic E-state index is 0.0244. The number of rotatable bonds is 3. The minimum Gasteiger partial charge on any atom is -0.491 e. The quantitative estimate of drug-likeness (QED) is 0.909. The van der Waals surface area contributed by atoms with Crippen LogP contribution >= 0.6 is 11.6 Å². The van der Waals surface area contributed by atoms with Crippen molar-refractivity contribution in [2.45, 2.75) is 6.04 Å². The smallest absolute Gasteiger partial charge is 0.337 e. The average molecular weight is 291 g/mol. The molecule has 1 atom stereocenters. The summed E-state index contributed by atoms with van der Waals surface area (Å²) in [5.41, 5.74) is 1.05. The van der Waals surface area contributed by atoms with Gasteiger partial charge in [-0.3, -0.25) is 0 Å². The Labute approximate surface area is 120 Å². The van der Waals surface area contributed by atoms with E-state index in [1.807, 2.05) is 24.3 Å². The molecule has 102 valence electrons. The van der Waals surface area contributed by atoms with E-state index in [1.54, 1.807) is 0 Å². The monoisotopic (exact) mass is 290 g/mol. The van der Waals surface area contributed by atoms with Crippen molar-refractivity contribution in [2.24, 2.45) is 0 Å². The summed E-state index contributed by atoms with van der Waals surface area (Å²) < 4.78 is 5.55. The predicted octanol–water partition coefficient (Wildman–Crippen LogP) is 2.98. The van der Waals surface area contributed by atoms with E-state index >= 15 is 0 Å². The molecule has 6 heteroatoms. The molecule has 5 nitrogen and oxygen atoms in total. The van der Waals surface area contributed by atoms with Gasteiger partial charge < -0.3 is 15.2 Å². The zero-order chi connectivity index (χ0) is 14.1. The fraction of sp³-hybridized carbons (Fsp3) is 0.143. The fourth-order valence-electron chi connectivity index (χ4n) is 2.14. The lowest BCUT2D eigenvalue weighted by molar-refractivity contribution is 0.0697. The van der Waals surface area contributed by atoms with E-state index in [4.69, 9.17) is 21.4 Å². The van der Waals surface area contributed by atoms with Gasteiger partial charge >= 0.3 is 5.97 Å². The van der Waals surface area contributed by atoms with Crippen LogP contribution in [0.25, 0.3) is 0 Å². The molecule has 1 aliphatic rings. The predicted molar refractivity (Wildman–Crippen MR) is 74.5 cm³/mol. The molecule has 20 heavy (non-hydrogen) atoms. The maximum atomic E-state index is 11.0. The maximum absolute atomic E-state index is 11.0. The van der Waals surface area contributed by atoms with Crippen LogP contribution in [0.3, 0.4) is 0 Å². The number of para-hydroxylation sites is 1. The Kier molecular flexibility index (Phi) is 3.20. The van der Waals surface area contributed by atoms with Crippen LogP contribution in [0.2, 0.25) is 5.02 Å². The van der Waals surface area contributed by atoms with Crippen LogP contribution in [0.1, 0.15) is 22.0 Å². The summed E-state index contributed by atoms with van der Waals surface area (Å²) in [6.45, 7) is 0.478. The molecule has 0 saturated carbocycles. The molecule has 1 unspecified atom stereocenters. The molecule has 3 rings (SSSR count). The molecule has 1 aromatic heterocycles. The van der Waals surface area contributed by atoms with E-state index in [1.165, 1.54) is 12.3 Å². The number of ether oxygens (including phenoxy) is 1. The molecule has 0 bridgehead atoms. The van der Waals surface area contributed by atoms with Gasteiger partial charge in [-0.05, 0) is 12.1 Å². The van der Waals surface area contributed by atoms with Crippen LogP contribution in [-0.4, -0.2) is 22.7 Å². The maximum Gasteiger partial charge on any atom is 0.337 e. The van der Waals surface area contributed by atoms with Gasteiger partial charge in [0.15, 0.2) is 0 Å². The summed E-state index contributed by atoms with van der Waals surface area (Å²) in [6.07, 6.45) is 1.33. The summed E-state index contributed by atoms with van der Waals surface area (Å²) in [5.74, 6) is 0.207. The highest BCUT2D eigenvalue weighted by Gasteiger charge is 2.24. The van der Waals surface area contributed by atoms with Crippen molar-refractivity contribution >= 4 is 23.4 Å². The summed E-state index contributed by atoms with van der Waals surface area (Å²) in [7, 11) is 0. The highest BCUT2D eigenvalue weighted by Crippen LogP contribution is 2.34. The number of carboxylic acids is 1. The highest BCUT2D eigenvalue weighted by atomic mass is 35.5. The summed E-state index contributed by atoms with van der Waals surface area (Å²) in [5, 5.41) is 12.3. The third kappa shape index (κ3) is 2.28. The summed E-state index contributed by atoms with van der Waals surface area (Å²) in [4.78, 5) is 15.1. The van der Waals surface area contributed by atoms with Gasteiger partial charge in [0.2, 0.25) is 0 Å². The number of hydrogen-bond acceptors (Lipinski definition) is 4. The van der Waals surface area contributed by atoms with Crippen LogP contribution in [0.4, 0.5) is 5.82 Å². The lowest BCUT2D eigenvalue weighted by Gasteiger charge is -2.13. The lowest BCUT2D eigenvalue weighted by Crippen LogP contribution is -2.13. The SMILES string of the molecule is O=C(O)c1cc(NC2COc3ccccc32)ncc1Cl. The lowest BCUT2D eigenvalue weighted by atomic mass is 10.1. The average Bonchev–Trinajstić information content (AvgIpc) is 2.84. The van der Waals surface area contributed by atoms with Gasteiger partial charge in [0.25, 0.3) is 0 Å². The largest absolute Gasteiger partial charge is 0.491 e. The van der Waals surface area contributed by atoms with Crippen LogP contribution in [0.15, 0.2) is 36.5 Å². The topological polar surface area (TPSA) is 71.5 Å². The number of anilines is 1. The molecule has 0 amide bonds. The van der Waals surface area contributed by atoms with E-state index in [0.29, 0.717) is 12.4 Å². The van der Waals surface area contributed by atoms with Crippen LogP contribution in [0.5, 0.6) is 5.75 Å². The first-order valence-corrected chi connectivity index (χ1v) is 6.40. The Morgan fingerprint density at radius 3 is 3.05 bits per heavy atom. The van der Waals surface area contributed by atoms with Crippen molar-refractivity contribution in [1.82, 2.24) is 4.98 Å². The minimum atomic E-state index is -1.08. The number of benzene rings is 1. The third-order valence-electron chi connectivity index (χ3n) is 3.11. The van der Waals surface area contributed by atoms with E-state index < -0.39 is 5.97 Å². The van der Waals surface area contributed by atoms with E-state index in [2.05, 4.69) is 10.3 Å². The van der Waals surface area contributed by atoms with Gasteiger partial charge in [0.05, 0.1) is 16.6 Å². The molecule has 1 aliphatic heterocycles. The van der Waals surface area contributed by atoms with Crippen molar-refractivity contribution < 1.29 is 14.6 Å². The number of hydrogen-bond donors (Lipinski definition) is 2. The number of nitrogens with zero attached hydrogens (tertiary/aromatic N) is 1. The Balaban J connectivity index is 1.86. The second-order valence-electron chi connectivity index (χ2n) is 4.40. The molecule has 0 radical (unpaired) electrons. The van der Waals surface area contributed by atoms with Crippen molar-refractivity contribution in [1.29, 1.82) is 0 Å². The van der Waals surface area contributed by atoms with Crippen molar-refractivity contribution in [3.05, 3.63) is 52.7 Å². The Bertz CT molecular complexity index is 675. The Morgan fingerprint density at radius 2 is 2.25 bits per heavy atom. The molecule has 0 fully saturated rings. The van der Waals surface area contributed by atoms with Crippen LogP contribution < -0.4 is 10.1 Å². The first-order chi connectivity index (χ1) is 9.65. The fourth-order valence-corrected chi connectivity index (χ4v) is 2.33. The number of fused-ring (bicyclic) bond motifs is 1. The molecule has 2 heterocycles. The Hall–Kier alpha value is -2.27. The van der Waals surface area contributed by atoms with E-state index in [9.17, 15) is 4.79 Å². The van der Waals surface area contributed by atoms with Gasteiger partial charge in [-0.2, -0.15) is 0 Å². The highest BCUT2D eigenvalue weighted by molar-refractivity contribution is 6.33. The van der Waals surface area contributed by atoms with Gasteiger partial charge in [-0.1, -0.05) is 29.8 Å². The number of aromatic carboxylic acids is 1.